The molecule has 0 aliphatic heterocycles. The van der Waals surface area contributed by atoms with Crippen molar-refractivity contribution in [1.29, 1.82) is 0 Å². The zero-order valence-corrected chi connectivity index (χ0v) is 17.6. The summed E-state index contributed by atoms with van der Waals surface area (Å²) in [5.41, 5.74) is 1.32. The first kappa shape index (κ1) is 24.7. The van der Waals surface area contributed by atoms with Gasteiger partial charge in [-0.05, 0) is 13.3 Å². The zero-order chi connectivity index (χ0) is 19.3. The summed E-state index contributed by atoms with van der Waals surface area (Å²) in [5, 5.41) is 0. The number of carbonyl (C=O) groups is 1. The second-order valence-electron chi connectivity index (χ2n) is 7.22. The van der Waals surface area contributed by atoms with Crippen LogP contribution in [0.15, 0.2) is 30.3 Å². The molecule has 1 aromatic carbocycles. The summed E-state index contributed by atoms with van der Waals surface area (Å²) in [5.74, 6) is -0.0666. The van der Waals surface area contributed by atoms with E-state index in [0.29, 0.717) is 6.42 Å². The van der Waals surface area contributed by atoms with E-state index in [4.69, 9.17) is 0 Å². The van der Waals surface area contributed by atoms with Crippen LogP contribution in [0.2, 0.25) is 0 Å². The van der Waals surface area contributed by atoms with Gasteiger partial charge in [-0.2, -0.15) is 0 Å². The van der Waals surface area contributed by atoms with Gasteiger partial charge in [-0.15, -0.1) is 0 Å². The molecule has 1 aromatic rings. The topological polar surface area (TPSA) is 26.3 Å². The normalized spacial score (nSPS) is 10.1. The summed E-state index contributed by atoms with van der Waals surface area (Å²) < 4.78 is 4.62. The number of esters is 1. The number of unbranched alkanes of at least 4 members (excludes halogenated alkanes) is 12. The molecular formula is C24H42O2. The molecule has 0 N–H and O–H groups in total. The highest BCUT2D eigenvalue weighted by atomic mass is 16.5. The van der Waals surface area contributed by atoms with Crippen LogP contribution < -0.4 is 0 Å². The van der Waals surface area contributed by atoms with Gasteiger partial charge in [0.15, 0.2) is 0 Å². The Balaban J connectivity index is 0.000000735. The van der Waals surface area contributed by atoms with Gasteiger partial charge in [-0.3, -0.25) is 4.79 Å². The van der Waals surface area contributed by atoms with E-state index >= 15 is 0 Å². The van der Waals surface area contributed by atoms with Crippen molar-refractivity contribution in [3.8, 4) is 0 Å². The molecule has 1 rings (SSSR count). The molecule has 26 heavy (non-hydrogen) atoms. The van der Waals surface area contributed by atoms with Crippen molar-refractivity contribution >= 4 is 5.97 Å². The van der Waals surface area contributed by atoms with Crippen molar-refractivity contribution in [2.45, 2.75) is 104 Å². The molecule has 0 aliphatic rings. The standard InChI is InChI=1S/C17H34O2.C7H8/c1-3-4-5-6-7-8-9-10-11-12-13-14-15-16-17(18)19-2;1-7-5-3-2-4-6-7/h3-16H2,1-2H3;2-6H,1H3. The lowest BCUT2D eigenvalue weighted by atomic mass is 10.0. The first-order valence-corrected chi connectivity index (χ1v) is 10.8. The smallest absolute Gasteiger partial charge is 0.305 e. The number of aryl methyl sites for hydroxylation is 1. The van der Waals surface area contributed by atoms with E-state index in [1.54, 1.807) is 0 Å². The van der Waals surface area contributed by atoms with Crippen molar-refractivity contribution < 1.29 is 9.53 Å². The third-order valence-electron chi connectivity index (χ3n) is 4.65. The summed E-state index contributed by atoms with van der Waals surface area (Å²) >= 11 is 0. The van der Waals surface area contributed by atoms with Crippen LogP contribution in [0.3, 0.4) is 0 Å². The number of hydrogen-bond donors (Lipinski definition) is 0. The molecule has 2 nitrogen and oxygen atoms in total. The number of rotatable bonds is 14. The van der Waals surface area contributed by atoms with Crippen LogP contribution in [-0.2, 0) is 9.53 Å². The molecule has 0 aromatic heterocycles. The Morgan fingerprint density at radius 3 is 1.50 bits per heavy atom. The average molecular weight is 363 g/mol. The van der Waals surface area contributed by atoms with Gasteiger partial charge in [0.2, 0.25) is 0 Å². The number of hydrogen-bond acceptors (Lipinski definition) is 2. The molecule has 0 bridgehead atoms. The predicted molar refractivity (Wildman–Crippen MR) is 114 cm³/mol. The lowest BCUT2D eigenvalue weighted by molar-refractivity contribution is -0.140. The van der Waals surface area contributed by atoms with Crippen LogP contribution in [0.1, 0.15) is 102 Å². The van der Waals surface area contributed by atoms with Crippen LogP contribution in [0.5, 0.6) is 0 Å². The van der Waals surface area contributed by atoms with E-state index in [1.165, 1.54) is 89.7 Å². The molecule has 0 atom stereocenters. The Morgan fingerprint density at radius 2 is 1.15 bits per heavy atom. The highest BCUT2D eigenvalue weighted by Crippen LogP contribution is 2.12. The lowest BCUT2D eigenvalue weighted by Gasteiger charge is -2.03. The molecule has 2 heteroatoms. The van der Waals surface area contributed by atoms with Crippen molar-refractivity contribution in [2.75, 3.05) is 7.11 Å². The first-order chi connectivity index (χ1) is 12.7. The highest BCUT2D eigenvalue weighted by Gasteiger charge is 1.99. The fourth-order valence-corrected chi connectivity index (χ4v) is 2.92. The molecular weight excluding hydrogens is 320 g/mol. The molecule has 0 saturated heterocycles. The summed E-state index contributed by atoms with van der Waals surface area (Å²) in [6, 6.07) is 10.3. The number of carbonyl (C=O) groups excluding carboxylic acids is 1. The third kappa shape index (κ3) is 19.0. The Bertz CT molecular complexity index is 400. The molecule has 0 fully saturated rings. The fraction of sp³-hybridized carbons (Fsp3) is 0.708. The minimum atomic E-state index is -0.0666. The quantitative estimate of drug-likeness (QED) is 0.251. The van der Waals surface area contributed by atoms with E-state index in [9.17, 15) is 4.79 Å². The second kappa shape index (κ2) is 20.0. The fourth-order valence-electron chi connectivity index (χ4n) is 2.92. The number of ether oxygens (including phenoxy) is 1. The maximum Gasteiger partial charge on any atom is 0.305 e. The Labute approximate surface area is 162 Å². The number of benzene rings is 1. The van der Waals surface area contributed by atoms with Crippen LogP contribution in [0.4, 0.5) is 0 Å². The first-order valence-electron chi connectivity index (χ1n) is 10.8. The van der Waals surface area contributed by atoms with Gasteiger partial charge < -0.3 is 4.74 Å². The number of methoxy groups -OCH3 is 1. The molecule has 0 heterocycles. The van der Waals surface area contributed by atoms with Crippen LogP contribution in [0, 0.1) is 6.92 Å². The van der Waals surface area contributed by atoms with Crippen LogP contribution in [-0.4, -0.2) is 13.1 Å². The summed E-state index contributed by atoms with van der Waals surface area (Å²) in [7, 11) is 1.46. The Morgan fingerprint density at radius 1 is 0.731 bits per heavy atom. The monoisotopic (exact) mass is 362 g/mol. The van der Waals surface area contributed by atoms with Gasteiger partial charge in [-0.25, -0.2) is 0 Å². The van der Waals surface area contributed by atoms with E-state index in [0.717, 1.165) is 6.42 Å². The maximum atomic E-state index is 10.9. The minimum Gasteiger partial charge on any atom is -0.469 e. The lowest BCUT2D eigenvalue weighted by Crippen LogP contribution is -1.99. The Kier molecular flexibility index (Phi) is 19.0. The summed E-state index contributed by atoms with van der Waals surface area (Å²) in [6.07, 6.45) is 18.0. The molecule has 0 radical (unpaired) electrons. The van der Waals surface area contributed by atoms with E-state index in [1.807, 2.05) is 18.2 Å². The zero-order valence-electron chi connectivity index (χ0n) is 17.6. The summed E-state index contributed by atoms with van der Waals surface area (Å²) in [4.78, 5) is 10.9. The van der Waals surface area contributed by atoms with Crippen molar-refractivity contribution in [2.24, 2.45) is 0 Å². The van der Waals surface area contributed by atoms with Crippen molar-refractivity contribution in [3.05, 3.63) is 35.9 Å². The molecule has 0 spiro atoms. The molecule has 0 saturated carbocycles. The minimum absolute atomic E-state index is 0.0666. The predicted octanol–water partition coefficient (Wildman–Crippen LogP) is 7.64. The van der Waals surface area contributed by atoms with Gasteiger partial charge in [0, 0.05) is 6.42 Å². The summed E-state index contributed by atoms with van der Waals surface area (Å²) in [6.45, 7) is 4.35. The molecule has 0 amide bonds. The third-order valence-corrected chi connectivity index (χ3v) is 4.65. The van der Waals surface area contributed by atoms with Gasteiger partial charge >= 0.3 is 5.97 Å². The molecule has 150 valence electrons. The van der Waals surface area contributed by atoms with Gasteiger partial charge in [0.1, 0.15) is 0 Å². The van der Waals surface area contributed by atoms with Crippen molar-refractivity contribution in [1.82, 2.24) is 0 Å². The highest BCUT2D eigenvalue weighted by molar-refractivity contribution is 5.68. The van der Waals surface area contributed by atoms with Gasteiger partial charge in [0.05, 0.1) is 7.11 Å². The SMILES string of the molecule is CCCCCCCCCCCCCCCC(=O)OC.Cc1ccccc1. The second-order valence-corrected chi connectivity index (χ2v) is 7.22. The van der Waals surface area contributed by atoms with Crippen LogP contribution >= 0.6 is 0 Å². The molecule has 0 unspecified atom stereocenters. The molecule has 0 aliphatic carbocycles. The van der Waals surface area contributed by atoms with Crippen LogP contribution in [0.25, 0.3) is 0 Å². The van der Waals surface area contributed by atoms with E-state index in [-0.39, 0.29) is 5.97 Å². The Hall–Kier alpha value is -1.31. The van der Waals surface area contributed by atoms with Gasteiger partial charge in [-0.1, -0.05) is 120 Å². The average Bonchev–Trinajstić information content (AvgIpc) is 2.66. The largest absolute Gasteiger partial charge is 0.469 e. The van der Waals surface area contributed by atoms with E-state index in [2.05, 4.69) is 30.7 Å². The van der Waals surface area contributed by atoms with Gasteiger partial charge in [0.25, 0.3) is 0 Å². The van der Waals surface area contributed by atoms with Crippen molar-refractivity contribution in [3.63, 3.8) is 0 Å². The maximum absolute atomic E-state index is 10.9. The van der Waals surface area contributed by atoms with E-state index < -0.39 is 0 Å².